The van der Waals surface area contributed by atoms with Gasteiger partial charge in [0, 0.05) is 12.8 Å². The summed E-state index contributed by atoms with van der Waals surface area (Å²) < 4.78 is 5.16. The van der Waals surface area contributed by atoms with Crippen molar-refractivity contribution in [3.63, 3.8) is 0 Å². The van der Waals surface area contributed by atoms with Crippen molar-refractivity contribution in [2.75, 3.05) is 12.4 Å². The number of nitrogens with one attached hydrogen (secondary N) is 1. The van der Waals surface area contributed by atoms with E-state index in [1.54, 1.807) is 13.2 Å². The molecule has 3 nitrogen and oxygen atoms in total. The Kier molecular flexibility index (Phi) is 3.61. The van der Waals surface area contributed by atoms with Gasteiger partial charge in [-0.15, -0.1) is 0 Å². The molecular weight excluding hydrogens is 250 g/mol. The van der Waals surface area contributed by atoms with Gasteiger partial charge in [0.1, 0.15) is 5.75 Å². The summed E-state index contributed by atoms with van der Waals surface area (Å²) in [6, 6.07) is 14.3. The summed E-state index contributed by atoms with van der Waals surface area (Å²) in [5.41, 5.74) is 4.55. The molecule has 1 aliphatic carbocycles. The highest BCUT2D eigenvalue weighted by Crippen LogP contribution is 2.38. The number of benzene rings is 2. The van der Waals surface area contributed by atoms with E-state index in [1.807, 2.05) is 12.1 Å². The molecule has 0 aromatic heterocycles. The normalized spacial score (nSPS) is 16.9. The van der Waals surface area contributed by atoms with Gasteiger partial charge in [0.05, 0.1) is 12.6 Å². The summed E-state index contributed by atoms with van der Waals surface area (Å²) in [5.74, 6) is 0.417. The highest BCUT2D eigenvalue weighted by molar-refractivity contribution is 5.52. The van der Waals surface area contributed by atoms with Crippen LogP contribution < -0.4 is 5.32 Å². The van der Waals surface area contributed by atoms with Gasteiger partial charge in [0.2, 0.25) is 0 Å². The molecule has 3 rings (SSSR count). The van der Waals surface area contributed by atoms with Gasteiger partial charge >= 0.3 is 0 Å². The number of methoxy groups -OCH3 is 1. The summed E-state index contributed by atoms with van der Waals surface area (Å²) in [6.45, 7) is 0.623. The summed E-state index contributed by atoms with van der Waals surface area (Å²) in [7, 11) is 1.70. The number of hydrogen-bond donors (Lipinski definition) is 2. The van der Waals surface area contributed by atoms with Crippen LogP contribution in [0.25, 0.3) is 0 Å². The second kappa shape index (κ2) is 5.55. The molecule has 2 N–H and O–H groups in total. The van der Waals surface area contributed by atoms with E-state index >= 15 is 0 Å². The van der Waals surface area contributed by atoms with Crippen LogP contribution in [0.3, 0.4) is 0 Å². The van der Waals surface area contributed by atoms with Gasteiger partial charge < -0.3 is 15.2 Å². The van der Waals surface area contributed by atoms with Crippen molar-refractivity contribution in [2.24, 2.45) is 0 Å². The van der Waals surface area contributed by atoms with Crippen molar-refractivity contribution in [1.29, 1.82) is 0 Å². The molecule has 2 aromatic rings. The molecule has 0 aliphatic heterocycles. The maximum atomic E-state index is 9.88. The molecule has 0 bridgehead atoms. The molecule has 0 amide bonds. The first-order chi connectivity index (χ1) is 9.78. The molecule has 0 saturated heterocycles. The summed E-state index contributed by atoms with van der Waals surface area (Å²) in [6.07, 6.45) is 1.94. The minimum Gasteiger partial charge on any atom is -0.508 e. The van der Waals surface area contributed by atoms with Gasteiger partial charge in [-0.2, -0.15) is 0 Å². The average Bonchev–Trinajstić information content (AvgIpc) is 2.84. The Labute approximate surface area is 119 Å². The average molecular weight is 269 g/mol. The topological polar surface area (TPSA) is 41.5 Å². The lowest BCUT2D eigenvalue weighted by atomic mass is 10.1. The fourth-order valence-corrected chi connectivity index (χ4v) is 2.90. The lowest BCUT2D eigenvalue weighted by molar-refractivity contribution is 0.185. The zero-order valence-corrected chi connectivity index (χ0v) is 11.6. The third kappa shape index (κ3) is 2.49. The van der Waals surface area contributed by atoms with E-state index in [0.29, 0.717) is 12.4 Å². The van der Waals surface area contributed by atoms with Crippen LogP contribution in [-0.2, 0) is 17.8 Å². The molecule has 0 spiro atoms. The van der Waals surface area contributed by atoms with Gasteiger partial charge in [0.15, 0.2) is 0 Å². The van der Waals surface area contributed by atoms with E-state index < -0.39 is 0 Å². The molecule has 104 valence electrons. The monoisotopic (exact) mass is 269 g/mol. The largest absolute Gasteiger partial charge is 0.508 e. The Morgan fingerprint density at radius 2 is 2.10 bits per heavy atom. The van der Waals surface area contributed by atoms with Gasteiger partial charge in [-0.05, 0) is 47.7 Å². The SMILES string of the molecule is COCc1cccc(NC2CCc3c(O)cccc32)c1. The zero-order chi connectivity index (χ0) is 13.9. The van der Waals surface area contributed by atoms with Crippen molar-refractivity contribution >= 4 is 5.69 Å². The molecular formula is C17H19NO2. The van der Waals surface area contributed by atoms with E-state index in [4.69, 9.17) is 4.74 Å². The molecule has 0 saturated carbocycles. The molecule has 1 unspecified atom stereocenters. The van der Waals surface area contributed by atoms with E-state index in [0.717, 1.165) is 29.7 Å². The van der Waals surface area contributed by atoms with Crippen LogP contribution in [0.1, 0.15) is 29.2 Å². The number of ether oxygens (including phenoxy) is 1. The Bertz CT molecular complexity index is 610. The molecule has 0 heterocycles. The van der Waals surface area contributed by atoms with Crippen molar-refractivity contribution < 1.29 is 9.84 Å². The van der Waals surface area contributed by atoms with Crippen molar-refractivity contribution in [3.05, 3.63) is 59.2 Å². The standard InChI is InChI=1S/C17H19NO2/c1-20-11-12-4-2-5-13(10-12)18-16-9-8-15-14(16)6-3-7-17(15)19/h2-7,10,16,18-19H,8-9,11H2,1H3. The van der Waals surface area contributed by atoms with E-state index in [9.17, 15) is 5.11 Å². The molecule has 1 atom stereocenters. The summed E-state index contributed by atoms with van der Waals surface area (Å²) in [5, 5.41) is 13.4. The maximum Gasteiger partial charge on any atom is 0.119 e. The number of rotatable bonds is 4. The number of aromatic hydroxyl groups is 1. The van der Waals surface area contributed by atoms with Crippen molar-refractivity contribution in [1.82, 2.24) is 0 Å². The zero-order valence-electron chi connectivity index (χ0n) is 11.6. The van der Waals surface area contributed by atoms with Crippen LogP contribution in [0.5, 0.6) is 5.75 Å². The van der Waals surface area contributed by atoms with Gasteiger partial charge in [-0.1, -0.05) is 24.3 Å². The first-order valence-electron chi connectivity index (χ1n) is 6.93. The third-order valence-electron chi connectivity index (χ3n) is 3.82. The molecule has 20 heavy (non-hydrogen) atoms. The molecule has 0 radical (unpaired) electrons. The fraction of sp³-hybridized carbons (Fsp3) is 0.294. The second-order valence-corrected chi connectivity index (χ2v) is 5.21. The Hall–Kier alpha value is -2.00. The van der Waals surface area contributed by atoms with E-state index in [2.05, 4.69) is 29.6 Å². The fourth-order valence-electron chi connectivity index (χ4n) is 2.90. The number of fused-ring (bicyclic) bond motifs is 1. The van der Waals surface area contributed by atoms with Gasteiger partial charge in [-0.3, -0.25) is 0 Å². The summed E-state index contributed by atoms with van der Waals surface area (Å²) in [4.78, 5) is 0. The maximum absolute atomic E-state index is 9.88. The highest BCUT2D eigenvalue weighted by Gasteiger charge is 2.24. The molecule has 0 fully saturated rings. The van der Waals surface area contributed by atoms with E-state index in [1.165, 1.54) is 5.56 Å². The third-order valence-corrected chi connectivity index (χ3v) is 3.82. The van der Waals surface area contributed by atoms with Crippen LogP contribution in [-0.4, -0.2) is 12.2 Å². The lowest BCUT2D eigenvalue weighted by Gasteiger charge is -2.16. The van der Waals surface area contributed by atoms with Gasteiger partial charge in [-0.25, -0.2) is 0 Å². The number of phenolic OH excluding ortho intramolecular Hbond substituents is 1. The quantitative estimate of drug-likeness (QED) is 0.890. The van der Waals surface area contributed by atoms with Crippen LogP contribution in [0.2, 0.25) is 0 Å². The Morgan fingerprint density at radius 1 is 1.25 bits per heavy atom. The van der Waals surface area contributed by atoms with E-state index in [-0.39, 0.29) is 6.04 Å². The smallest absolute Gasteiger partial charge is 0.119 e. The minimum atomic E-state index is 0.273. The van der Waals surface area contributed by atoms with Crippen LogP contribution in [0, 0.1) is 0 Å². The summed E-state index contributed by atoms with van der Waals surface area (Å²) >= 11 is 0. The van der Waals surface area contributed by atoms with Crippen molar-refractivity contribution in [3.8, 4) is 5.75 Å². The van der Waals surface area contributed by atoms with Gasteiger partial charge in [0.25, 0.3) is 0 Å². The molecule has 3 heteroatoms. The predicted octanol–water partition coefficient (Wildman–Crippen LogP) is 3.64. The van der Waals surface area contributed by atoms with Crippen molar-refractivity contribution in [2.45, 2.75) is 25.5 Å². The lowest BCUT2D eigenvalue weighted by Crippen LogP contribution is -2.07. The molecule has 2 aromatic carbocycles. The van der Waals surface area contributed by atoms with Crippen LogP contribution in [0.4, 0.5) is 5.69 Å². The Morgan fingerprint density at radius 3 is 2.95 bits per heavy atom. The number of anilines is 1. The van der Waals surface area contributed by atoms with Crippen LogP contribution >= 0.6 is 0 Å². The second-order valence-electron chi connectivity index (χ2n) is 5.21. The highest BCUT2D eigenvalue weighted by atomic mass is 16.5. The number of phenols is 1. The first-order valence-corrected chi connectivity index (χ1v) is 6.93. The number of hydrogen-bond acceptors (Lipinski definition) is 3. The predicted molar refractivity (Wildman–Crippen MR) is 79.9 cm³/mol. The minimum absolute atomic E-state index is 0.273. The molecule has 1 aliphatic rings. The Balaban J connectivity index is 1.80. The van der Waals surface area contributed by atoms with Crippen LogP contribution in [0.15, 0.2) is 42.5 Å². The first kappa shape index (κ1) is 13.0.